The number of nitrogens with one attached hydrogen (secondary N) is 2. The second-order valence-corrected chi connectivity index (χ2v) is 8.08. The normalized spacial score (nSPS) is 10.6. The zero-order chi connectivity index (χ0) is 20.6. The van der Waals surface area contributed by atoms with Crippen molar-refractivity contribution in [2.75, 3.05) is 5.32 Å². The molecule has 0 spiro atoms. The van der Waals surface area contributed by atoms with Crippen LogP contribution < -0.4 is 9.62 Å². The molecule has 0 heterocycles. The highest BCUT2D eigenvalue weighted by Crippen LogP contribution is 2.33. The Morgan fingerprint density at radius 2 is 1.55 bits per heavy atom. The Kier molecular flexibility index (Phi) is 8.00. The molecule has 0 saturated heterocycles. The van der Waals surface area contributed by atoms with Gasteiger partial charge in [-0.2, -0.15) is 0 Å². The molecule has 3 rings (SSSR count). The Bertz CT molecular complexity index is 961. The molecule has 0 fully saturated rings. The van der Waals surface area contributed by atoms with Crippen LogP contribution in [0.2, 0.25) is 10.0 Å². The minimum Gasteiger partial charge on any atom is -0.461 e. The molecule has 0 amide bonds. The summed E-state index contributed by atoms with van der Waals surface area (Å²) in [6, 6.07) is 20.9. The van der Waals surface area contributed by atoms with Crippen LogP contribution in [0.3, 0.4) is 0 Å². The van der Waals surface area contributed by atoms with Gasteiger partial charge in [0.05, 0.1) is 22.2 Å². The van der Waals surface area contributed by atoms with Crippen molar-refractivity contribution in [1.82, 2.24) is 4.30 Å². The second kappa shape index (κ2) is 10.7. The van der Waals surface area contributed by atoms with Gasteiger partial charge in [-0.15, -0.1) is 0 Å². The van der Waals surface area contributed by atoms with Crippen molar-refractivity contribution in [3.05, 3.63) is 93.5 Å². The van der Waals surface area contributed by atoms with Crippen molar-refractivity contribution < 1.29 is 9.53 Å². The van der Waals surface area contributed by atoms with E-state index >= 15 is 0 Å². The van der Waals surface area contributed by atoms with Crippen molar-refractivity contribution in [1.29, 1.82) is 0 Å². The van der Waals surface area contributed by atoms with Crippen LogP contribution in [0.25, 0.3) is 0 Å². The van der Waals surface area contributed by atoms with E-state index in [1.807, 2.05) is 48.5 Å². The molecule has 4 nitrogen and oxygen atoms in total. The van der Waals surface area contributed by atoms with Crippen LogP contribution in [0.1, 0.15) is 16.7 Å². The fourth-order valence-corrected chi connectivity index (χ4v) is 3.78. The number of hydrogen-bond donors (Lipinski definition) is 2. The fraction of sp³-hybridized carbons (Fsp3) is 0.136. The Labute approximate surface area is 188 Å². The summed E-state index contributed by atoms with van der Waals surface area (Å²) in [4.78, 5) is 12.4. The van der Waals surface area contributed by atoms with Crippen LogP contribution in [0.15, 0.2) is 66.7 Å². The molecule has 0 atom stereocenters. The van der Waals surface area contributed by atoms with E-state index in [2.05, 4.69) is 9.62 Å². The molecule has 29 heavy (non-hydrogen) atoms. The Balaban J connectivity index is 1.63. The highest BCUT2D eigenvalue weighted by molar-refractivity contribution is 6.39. The first-order valence-corrected chi connectivity index (χ1v) is 11.0. The van der Waals surface area contributed by atoms with Crippen molar-refractivity contribution in [2.45, 2.75) is 19.6 Å². The minimum atomic E-state index is -0.296. The molecule has 0 aliphatic rings. The van der Waals surface area contributed by atoms with Crippen LogP contribution in [0.5, 0.6) is 0 Å². The molecule has 0 radical (unpaired) electrons. The first-order chi connectivity index (χ1) is 14.1. The van der Waals surface area contributed by atoms with E-state index in [0.29, 0.717) is 15.7 Å². The number of esters is 1. The smallest absolute Gasteiger partial charge is 0.319 e. The van der Waals surface area contributed by atoms with Crippen LogP contribution >= 0.6 is 23.2 Å². The van der Waals surface area contributed by atoms with Gasteiger partial charge in [0, 0.05) is 12.2 Å². The first kappa shape index (κ1) is 21.7. The molecule has 3 aromatic carbocycles. The van der Waals surface area contributed by atoms with E-state index in [1.165, 1.54) is 5.56 Å². The first-order valence-electron chi connectivity index (χ1n) is 9.24. The zero-order valence-electron chi connectivity index (χ0n) is 16.0. The molecule has 0 aliphatic heterocycles. The van der Waals surface area contributed by atoms with Gasteiger partial charge in [0.2, 0.25) is 0 Å². The Hall–Kier alpha value is -2.00. The standard InChI is InChI=1S/C22H19Cl2N2O2.Al.2H/c23-18-5-3-6-19(24)22(18)26-20-7-2-1-4-17(20)12-21(27)28-14-16-10-8-15(13-25)9-11-16;;;/h1-11,25-26H,12-14H2;;;/q-1;+1;;. The second-order valence-electron chi connectivity index (χ2n) is 6.56. The van der Waals surface area contributed by atoms with Gasteiger partial charge < -0.3 is 14.4 Å². The molecule has 3 aromatic rings. The fourth-order valence-electron chi connectivity index (χ4n) is 2.88. The van der Waals surface area contributed by atoms with Crippen LogP contribution in [-0.2, 0) is 29.1 Å². The predicted molar refractivity (Wildman–Crippen MR) is 122 cm³/mol. The van der Waals surface area contributed by atoms with E-state index in [4.69, 9.17) is 27.9 Å². The van der Waals surface area contributed by atoms with Gasteiger partial charge in [-0.1, -0.05) is 71.7 Å². The highest BCUT2D eigenvalue weighted by Gasteiger charge is 2.12. The van der Waals surface area contributed by atoms with Crippen molar-refractivity contribution >= 4 is 57.1 Å². The molecule has 0 bridgehead atoms. The monoisotopic (exact) mass is 442 g/mol. The molecule has 0 aliphatic carbocycles. The lowest BCUT2D eigenvalue weighted by Gasteiger charge is -2.14. The summed E-state index contributed by atoms with van der Waals surface area (Å²) in [6.07, 6.45) is 0.147. The van der Waals surface area contributed by atoms with E-state index in [1.54, 1.807) is 18.2 Å². The minimum absolute atomic E-state index is 0.147. The number of halogens is 2. The molecule has 2 N–H and O–H groups in total. The summed E-state index contributed by atoms with van der Waals surface area (Å²) in [5.74, 6) is -0.296. The van der Waals surface area contributed by atoms with E-state index in [-0.39, 0.29) is 19.0 Å². The van der Waals surface area contributed by atoms with Gasteiger partial charge in [-0.25, -0.2) is 0 Å². The van der Waals surface area contributed by atoms with Crippen molar-refractivity contribution in [3.63, 3.8) is 0 Å². The molecule has 7 heteroatoms. The largest absolute Gasteiger partial charge is 0.461 e. The molecule has 148 valence electrons. The van der Waals surface area contributed by atoms with Gasteiger partial charge >= 0.3 is 22.5 Å². The topological polar surface area (TPSA) is 50.4 Å². The molecule has 0 aromatic heterocycles. The molecular weight excluding hydrogens is 422 g/mol. The highest BCUT2D eigenvalue weighted by atomic mass is 35.5. The number of para-hydroxylation sites is 2. The molecular formula is C22H21AlCl2N2O2. The third-order valence-corrected chi connectivity index (χ3v) is 5.36. The SMILES string of the molecule is O=C(Cc1ccccc1Nc1c(Cl)cccc1Cl)OCc1ccc(C[NH][AlH2])cc1. The maximum Gasteiger partial charge on any atom is 0.319 e. The maximum atomic E-state index is 12.4. The van der Waals surface area contributed by atoms with Gasteiger partial charge in [0.25, 0.3) is 0 Å². The van der Waals surface area contributed by atoms with Crippen LogP contribution in [0, 0.1) is 0 Å². The van der Waals surface area contributed by atoms with Crippen LogP contribution in [0.4, 0.5) is 11.4 Å². The zero-order valence-corrected chi connectivity index (χ0v) is 19.6. The van der Waals surface area contributed by atoms with Gasteiger partial charge in [0.15, 0.2) is 0 Å². The lowest BCUT2D eigenvalue weighted by molar-refractivity contribution is -0.144. The number of carbonyl (C=O) groups excluding carboxylic acids is 1. The Morgan fingerprint density at radius 3 is 2.24 bits per heavy atom. The number of carbonyl (C=O) groups is 1. The molecule has 0 unspecified atom stereocenters. The maximum absolute atomic E-state index is 12.4. The van der Waals surface area contributed by atoms with E-state index < -0.39 is 0 Å². The lowest BCUT2D eigenvalue weighted by Crippen LogP contribution is -2.10. The summed E-state index contributed by atoms with van der Waals surface area (Å²) in [7, 11) is 0. The summed E-state index contributed by atoms with van der Waals surface area (Å²) in [5.41, 5.74) is 4.36. The van der Waals surface area contributed by atoms with Gasteiger partial charge in [0.1, 0.15) is 6.61 Å². The number of anilines is 2. The van der Waals surface area contributed by atoms with Gasteiger partial charge in [-0.05, 0) is 34.9 Å². The summed E-state index contributed by atoms with van der Waals surface area (Å²) >= 11 is 13.5. The quantitative estimate of drug-likeness (QED) is 0.393. The summed E-state index contributed by atoms with van der Waals surface area (Å²) in [5, 5.41) is 4.26. The van der Waals surface area contributed by atoms with E-state index in [0.717, 1.165) is 39.9 Å². The number of ether oxygens (including phenoxy) is 1. The van der Waals surface area contributed by atoms with Gasteiger partial charge in [-0.3, -0.25) is 4.79 Å². The average Bonchev–Trinajstić information content (AvgIpc) is 2.72. The lowest BCUT2D eigenvalue weighted by atomic mass is 10.1. The van der Waals surface area contributed by atoms with Crippen LogP contribution in [-0.4, -0.2) is 22.5 Å². The number of hydrogen-bond acceptors (Lipinski definition) is 4. The Morgan fingerprint density at radius 1 is 0.897 bits per heavy atom. The van der Waals surface area contributed by atoms with E-state index in [9.17, 15) is 4.79 Å². The number of rotatable bonds is 8. The third kappa shape index (κ3) is 6.24. The predicted octanol–water partition coefficient (Wildman–Crippen LogP) is 4.66. The summed E-state index contributed by atoms with van der Waals surface area (Å²) < 4.78 is 8.70. The summed E-state index contributed by atoms with van der Waals surface area (Å²) in [6.45, 7) is 1.12. The third-order valence-electron chi connectivity index (χ3n) is 4.38. The molecule has 0 saturated carbocycles. The van der Waals surface area contributed by atoms with Crippen molar-refractivity contribution in [3.8, 4) is 0 Å². The average molecular weight is 443 g/mol. The number of benzene rings is 3. The van der Waals surface area contributed by atoms with Crippen molar-refractivity contribution in [2.24, 2.45) is 0 Å².